The number of nitrogens with zero attached hydrogens (tertiary/aromatic N) is 2. The van der Waals surface area contributed by atoms with Gasteiger partial charge in [0.2, 0.25) is 10.0 Å². The van der Waals surface area contributed by atoms with Crippen molar-refractivity contribution < 1.29 is 17.3 Å². The van der Waals surface area contributed by atoms with Crippen LogP contribution >= 0.6 is 0 Å². The number of sulfonamides is 1. The molecule has 1 aromatic carbocycles. The van der Waals surface area contributed by atoms with Gasteiger partial charge >= 0.3 is 0 Å². The van der Waals surface area contributed by atoms with E-state index in [0.717, 1.165) is 10.4 Å². The summed E-state index contributed by atoms with van der Waals surface area (Å²) < 4.78 is 44.3. The van der Waals surface area contributed by atoms with Gasteiger partial charge in [-0.3, -0.25) is 0 Å². The maximum absolute atomic E-state index is 13.7. The average Bonchev–Trinajstić information content (AvgIpc) is 2.77. The fraction of sp³-hybridized carbons (Fsp3) is 0.308. The highest BCUT2D eigenvalue weighted by Crippen LogP contribution is 2.21. The molecule has 0 saturated heterocycles. The molecule has 1 heterocycles. The highest BCUT2D eigenvalue weighted by molar-refractivity contribution is 7.89. The van der Waals surface area contributed by atoms with Gasteiger partial charge in [-0.1, -0.05) is 11.2 Å². The lowest BCUT2D eigenvalue weighted by atomic mass is 10.2. The van der Waals surface area contributed by atoms with Crippen molar-refractivity contribution in [2.24, 2.45) is 0 Å². The Hall–Kier alpha value is -1.73. The highest BCUT2D eigenvalue weighted by atomic mass is 32.2. The number of hydrogen-bond acceptors (Lipinski definition) is 4. The van der Waals surface area contributed by atoms with Gasteiger partial charge in [0, 0.05) is 13.1 Å². The minimum Gasteiger partial charge on any atom is -0.361 e. The lowest BCUT2D eigenvalue weighted by Gasteiger charge is -2.16. The molecule has 0 bridgehead atoms. The van der Waals surface area contributed by atoms with E-state index in [-0.39, 0.29) is 11.4 Å². The molecule has 2 aromatic rings. The van der Waals surface area contributed by atoms with Crippen molar-refractivity contribution in [3.63, 3.8) is 0 Å². The quantitative estimate of drug-likeness (QED) is 0.868. The van der Waals surface area contributed by atoms with Crippen LogP contribution in [0.4, 0.5) is 4.39 Å². The molecule has 2 rings (SSSR count). The van der Waals surface area contributed by atoms with Crippen LogP contribution in [0.25, 0.3) is 0 Å². The van der Waals surface area contributed by atoms with Gasteiger partial charge in [0.25, 0.3) is 0 Å². The molecule has 0 N–H and O–H groups in total. The summed E-state index contributed by atoms with van der Waals surface area (Å²) in [6.45, 7) is 3.44. The zero-order valence-corrected chi connectivity index (χ0v) is 12.2. The Labute approximate surface area is 117 Å². The molecule has 0 amide bonds. The first-order chi connectivity index (χ1) is 9.30. The second kappa shape index (κ2) is 5.34. The van der Waals surface area contributed by atoms with Crippen molar-refractivity contribution in [1.82, 2.24) is 9.46 Å². The minimum atomic E-state index is -3.90. The van der Waals surface area contributed by atoms with Crippen LogP contribution < -0.4 is 0 Å². The van der Waals surface area contributed by atoms with Gasteiger partial charge in [0.15, 0.2) is 0 Å². The number of benzene rings is 1. The lowest BCUT2D eigenvalue weighted by Crippen LogP contribution is -2.27. The predicted octanol–water partition coefficient (Wildman–Crippen LogP) is 2.25. The summed E-state index contributed by atoms with van der Waals surface area (Å²) >= 11 is 0. The van der Waals surface area contributed by atoms with E-state index in [1.165, 1.54) is 19.2 Å². The second-order valence-electron chi connectivity index (χ2n) is 4.62. The summed E-state index contributed by atoms with van der Waals surface area (Å²) in [6.07, 6.45) is 0. The van der Waals surface area contributed by atoms with E-state index >= 15 is 0 Å². The third-order valence-electron chi connectivity index (χ3n) is 2.84. The fourth-order valence-corrected chi connectivity index (χ4v) is 3.07. The molecule has 0 aliphatic rings. The molecule has 0 saturated carbocycles. The Morgan fingerprint density at radius 1 is 1.30 bits per heavy atom. The number of aromatic nitrogens is 1. The van der Waals surface area contributed by atoms with E-state index in [1.807, 2.05) is 0 Å². The third-order valence-corrected chi connectivity index (χ3v) is 4.65. The van der Waals surface area contributed by atoms with E-state index in [0.29, 0.717) is 17.0 Å². The van der Waals surface area contributed by atoms with Gasteiger partial charge in [0.1, 0.15) is 16.5 Å². The Balaban J connectivity index is 2.32. The Bertz CT molecular complexity index is 725. The molecular weight excluding hydrogens is 283 g/mol. The smallest absolute Gasteiger partial charge is 0.246 e. The molecule has 108 valence electrons. The minimum absolute atomic E-state index is 0.0209. The van der Waals surface area contributed by atoms with Crippen molar-refractivity contribution in [1.29, 1.82) is 0 Å². The van der Waals surface area contributed by atoms with Crippen molar-refractivity contribution >= 4 is 10.0 Å². The van der Waals surface area contributed by atoms with E-state index in [1.54, 1.807) is 19.9 Å². The molecule has 1 aromatic heterocycles. The third kappa shape index (κ3) is 2.88. The van der Waals surface area contributed by atoms with Crippen molar-refractivity contribution in [3.8, 4) is 0 Å². The van der Waals surface area contributed by atoms with Crippen LogP contribution in [0.15, 0.2) is 33.7 Å². The summed E-state index contributed by atoms with van der Waals surface area (Å²) in [5, 5.41) is 3.73. The summed E-state index contributed by atoms with van der Waals surface area (Å²) in [5.41, 5.74) is 1.15. The monoisotopic (exact) mass is 298 g/mol. The predicted molar refractivity (Wildman–Crippen MR) is 71.0 cm³/mol. The lowest BCUT2D eigenvalue weighted by molar-refractivity contribution is 0.377. The standard InChI is InChI=1S/C13H15FN2O3S/c1-9-4-5-12(14)13(6-9)20(17,18)16(3)8-11-7-10(2)19-15-11/h4-7H,8H2,1-3H3. The SMILES string of the molecule is Cc1ccc(F)c(S(=O)(=O)N(C)Cc2cc(C)on2)c1. The molecule has 20 heavy (non-hydrogen) atoms. The van der Waals surface area contributed by atoms with Crippen LogP contribution in [0.5, 0.6) is 0 Å². The normalized spacial score (nSPS) is 12.1. The number of aryl methyl sites for hydroxylation is 2. The maximum atomic E-state index is 13.7. The number of rotatable bonds is 4. The van der Waals surface area contributed by atoms with E-state index in [9.17, 15) is 12.8 Å². The van der Waals surface area contributed by atoms with Crippen molar-refractivity contribution in [2.45, 2.75) is 25.3 Å². The summed E-state index contributed by atoms with van der Waals surface area (Å²) in [5.74, 6) is -0.175. The van der Waals surface area contributed by atoms with Crippen molar-refractivity contribution in [3.05, 3.63) is 47.1 Å². The van der Waals surface area contributed by atoms with E-state index in [2.05, 4.69) is 5.16 Å². The fourth-order valence-electron chi connectivity index (χ4n) is 1.78. The summed E-state index contributed by atoms with van der Waals surface area (Å²) in [7, 11) is -2.53. The van der Waals surface area contributed by atoms with Crippen LogP contribution in [0.3, 0.4) is 0 Å². The summed E-state index contributed by atoms with van der Waals surface area (Å²) in [4.78, 5) is -0.333. The zero-order chi connectivity index (χ0) is 14.9. The van der Waals surface area contributed by atoms with Crippen LogP contribution in [0.1, 0.15) is 17.0 Å². The van der Waals surface area contributed by atoms with E-state index < -0.39 is 15.8 Å². The molecule has 0 atom stereocenters. The molecule has 0 aliphatic heterocycles. The zero-order valence-electron chi connectivity index (χ0n) is 11.4. The van der Waals surface area contributed by atoms with Gasteiger partial charge in [-0.15, -0.1) is 0 Å². The first-order valence-corrected chi connectivity index (χ1v) is 7.39. The largest absolute Gasteiger partial charge is 0.361 e. The van der Waals surface area contributed by atoms with Crippen molar-refractivity contribution in [2.75, 3.05) is 7.05 Å². The van der Waals surface area contributed by atoms with Gasteiger partial charge in [0.05, 0.1) is 12.2 Å². The van der Waals surface area contributed by atoms with Gasteiger partial charge in [-0.25, -0.2) is 12.8 Å². The molecule has 0 aliphatic carbocycles. The van der Waals surface area contributed by atoms with E-state index in [4.69, 9.17) is 4.52 Å². The molecule has 7 heteroatoms. The van der Waals surface area contributed by atoms with Gasteiger partial charge in [-0.05, 0) is 31.5 Å². The second-order valence-corrected chi connectivity index (χ2v) is 6.64. The van der Waals surface area contributed by atoms with Crippen LogP contribution in [0, 0.1) is 19.7 Å². The van der Waals surface area contributed by atoms with Gasteiger partial charge < -0.3 is 4.52 Å². The first kappa shape index (κ1) is 14.7. The molecule has 0 radical (unpaired) electrons. The molecule has 0 unspecified atom stereocenters. The molecule has 5 nitrogen and oxygen atoms in total. The van der Waals surface area contributed by atoms with Gasteiger partial charge in [-0.2, -0.15) is 4.31 Å². The molecular formula is C13H15FN2O3S. The van der Waals surface area contributed by atoms with Crippen LogP contribution in [0.2, 0.25) is 0 Å². The maximum Gasteiger partial charge on any atom is 0.246 e. The Morgan fingerprint density at radius 2 is 2.00 bits per heavy atom. The van der Waals surface area contributed by atoms with Crippen LogP contribution in [-0.4, -0.2) is 24.9 Å². The number of hydrogen-bond donors (Lipinski definition) is 0. The Kier molecular flexibility index (Phi) is 3.92. The average molecular weight is 298 g/mol. The molecule has 0 fully saturated rings. The summed E-state index contributed by atoms with van der Waals surface area (Å²) in [6, 6.07) is 5.62. The topological polar surface area (TPSA) is 63.4 Å². The van der Waals surface area contributed by atoms with Crippen LogP contribution in [-0.2, 0) is 16.6 Å². The number of halogens is 1. The highest BCUT2D eigenvalue weighted by Gasteiger charge is 2.25. The first-order valence-electron chi connectivity index (χ1n) is 5.95. The Morgan fingerprint density at radius 3 is 2.60 bits per heavy atom. The molecule has 0 spiro atoms.